The number of pyridine rings is 1. The number of dihydropyridines is 1. The Morgan fingerprint density at radius 3 is 2.68 bits per heavy atom. The maximum Gasteiger partial charge on any atom is 0.255 e. The molecule has 0 saturated carbocycles. The van der Waals surface area contributed by atoms with Crippen LogP contribution in [0.25, 0.3) is 0 Å². The monoisotopic (exact) mass is 473 g/mol. The van der Waals surface area contributed by atoms with E-state index in [-0.39, 0.29) is 17.6 Å². The predicted molar refractivity (Wildman–Crippen MR) is 131 cm³/mol. The first-order valence-electron chi connectivity index (χ1n) is 11.2. The summed E-state index contributed by atoms with van der Waals surface area (Å²) in [5.74, 6) is -0.934. The van der Waals surface area contributed by atoms with Gasteiger partial charge in [-0.3, -0.25) is 9.59 Å². The van der Waals surface area contributed by atoms with Gasteiger partial charge in [0.2, 0.25) is 0 Å². The van der Waals surface area contributed by atoms with E-state index in [9.17, 15) is 14.0 Å². The minimum atomic E-state index is -0.659. The molecule has 2 unspecified atom stereocenters. The number of carbonyl (C=O) groups is 2. The number of nitrogens with one attached hydrogen (secondary N) is 2. The van der Waals surface area contributed by atoms with Crippen molar-refractivity contribution in [1.82, 2.24) is 10.3 Å². The van der Waals surface area contributed by atoms with E-state index >= 15 is 0 Å². The molecule has 0 saturated heterocycles. The third-order valence-corrected chi connectivity index (χ3v) is 7.36. The molecule has 2 N–H and O–H groups in total. The van der Waals surface area contributed by atoms with E-state index < -0.39 is 11.7 Å². The molecule has 5 nitrogen and oxygen atoms in total. The molecular formula is C27H24FN3O2S. The summed E-state index contributed by atoms with van der Waals surface area (Å²) in [6, 6.07) is 15.6. The van der Waals surface area contributed by atoms with E-state index in [1.165, 1.54) is 17.0 Å². The average Bonchev–Trinajstić information content (AvgIpc) is 3.33. The van der Waals surface area contributed by atoms with Crippen LogP contribution >= 0.6 is 11.3 Å². The summed E-state index contributed by atoms with van der Waals surface area (Å²) in [6.45, 7) is 3.67. The number of allylic oxidation sites excluding steroid dienone is 3. The minimum absolute atomic E-state index is 0.0205. The average molecular weight is 474 g/mol. The Labute approximate surface area is 201 Å². The van der Waals surface area contributed by atoms with Crippen LogP contribution in [0.3, 0.4) is 0 Å². The molecule has 34 heavy (non-hydrogen) atoms. The van der Waals surface area contributed by atoms with Crippen molar-refractivity contribution in [2.75, 3.05) is 5.32 Å². The molecule has 1 aliphatic heterocycles. The fourth-order valence-corrected chi connectivity index (χ4v) is 5.71. The van der Waals surface area contributed by atoms with Gasteiger partial charge in [0.05, 0.1) is 0 Å². The highest BCUT2D eigenvalue weighted by Gasteiger charge is 2.41. The Morgan fingerprint density at radius 2 is 1.94 bits per heavy atom. The summed E-state index contributed by atoms with van der Waals surface area (Å²) in [7, 11) is 0. The van der Waals surface area contributed by atoms with Crippen LogP contribution in [0, 0.1) is 12.7 Å². The second kappa shape index (κ2) is 8.99. The molecule has 0 spiro atoms. The topological polar surface area (TPSA) is 71.1 Å². The van der Waals surface area contributed by atoms with Crippen molar-refractivity contribution >= 4 is 28.8 Å². The summed E-state index contributed by atoms with van der Waals surface area (Å²) in [4.78, 5) is 32.6. The van der Waals surface area contributed by atoms with Crippen molar-refractivity contribution in [3.8, 4) is 0 Å². The number of halogens is 1. The van der Waals surface area contributed by atoms with Gasteiger partial charge >= 0.3 is 0 Å². The number of ketones is 1. The number of nitrogens with zero attached hydrogens (tertiary/aromatic N) is 1. The molecule has 1 aromatic carbocycles. The maximum absolute atomic E-state index is 14.3. The highest BCUT2D eigenvalue weighted by atomic mass is 32.1. The summed E-state index contributed by atoms with van der Waals surface area (Å²) in [5.41, 5.74) is 3.77. The molecule has 1 aliphatic carbocycles. The molecular weight excluding hydrogens is 449 g/mol. The molecule has 3 aromatic rings. The van der Waals surface area contributed by atoms with Crippen LogP contribution in [-0.4, -0.2) is 16.7 Å². The zero-order valence-electron chi connectivity index (χ0n) is 18.9. The standard InChI is InChI=1S/C27H24FN3O2S/c1-15-6-3-10-23(29-15)31-27(33)24-16(2)30-20-13-18(22-9-5-11-34-22)14-21(32)26(20)25(24)17-7-4-8-19(28)12-17/h3-12,18,25,30H,13-14H2,1-2H3,(H,29,31,33). The van der Waals surface area contributed by atoms with Crippen LogP contribution in [0.5, 0.6) is 0 Å². The quantitative estimate of drug-likeness (QED) is 0.518. The van der Waals surface area contributed by atoms with E-state index in [0.717, 1.165) is 11.4 Å². The minimum Gasteiger partial charge on any atom is -0.362 e. The van der Waals surface area contributed by atoms with Gasteiger partial charge in [-0.05, 0) is 61.5 Å². The number of thiophene rings is 1. The van der Waals surface area contributed by atoms with E-state index in [4.69, 9.17) is 0 Å². The van der Waals surface area contributed by atoms with E-state index in [1.807, 2.05) is 37.4 Å². The molecule has 2 aliphatic rings. The number of aryl methyl sites for hydroxylation is 1. The highest BCUT2D eigenvalue weighted by molar-refractivity contribution is 7.10. The van der Waals surface area contributed by atoms with Gasteiger partial charge in [0, 0.05) is 51.4 Å². The predicted octanol–water partition coefficient (Wildman–Crippen LogP) is 5.59. The smallest absolute Gasteiger partial charge is 0.255 e. The van der Waals surface area contributed by atoms with Crippen molar-refractivity contribution in [2.24, 2.45) is 0 Å². The fourth-order valence-electron chi connectivity index (χ4n) is 4.88. The van der Waals surface area contributed by atoms with Crippen molar-refractivity contribution in [1.29, 1.82) is 0 Å². The summed E-state index contributed by atoms with van der Waals surface area (Å²) in [6.07, 6.45) is 1.03. The second-order valence-corrected chi connectivity index (χ2v) is 9.69. The number of benzene rings is 1. The third-order valence-electron chi connectivity index (χ3n) is 6.33. The Hall–Kier alpha value is -3.58. The number of rotatable bonds is 4. The summed E-state index contributed by atoms with van der Waals surface area (Å²) < 4.78 is 14.3. The Bertz CT molecular complexity index is 1340. The molecule has 2 aromatic heterocycles. The Kier molecular flexibility index (Phi) is 5.87. The maximum atomic E-state index is 14.3. The van der Waals surface area contributed by atoms with E-state index in [0.29, 0.717) is 41.1 Å². The fraction of sp³-hybridized carbons (Fsp3) is 0.222. The van der Waals surface area contributed by atoms with Gasteiger partial charge < -0.3 is 10.6 Å². The lowest BCUT2D eigenvalue weighted by Gasteiger charge is -2.36. The van der Waals surface area contributed by atoms with Crippen LogP contribution in [-0.2, 0) is 9.59 Å². The van der Waals surface area contributed by atoms with Crippen LogP contribution in [0.4, 0.5) is 10.2 Å². The number of Topliss-reactive ketones (excluding diaryl/α,β-unsaturated/α-hetero) is 1. The summed E-state index contributed by atoms with van der Waals surface area (Å²) in [5, 5.41) is 8.23. The Morgan fingerprint density at radius 1 is 1.12 bits per heavy atom. The van der Waals surface area contributed by atoms with Gasteiger partial charge in [-0.15, -0.1) is 11.3 Å². The number of hydrogen-bond acceptors (Lipinski definition) is 5. The number of anilines is 1. The molecule has 5 rings (SSSR count). The van der Waals surface area contributed by atoms with E-state index in [1.54, 1.807) is 29.5 Å². The number of aromatic nitrogens is 1. The van der Waals surface area contributed by atoms with E-state index in [2.05, 4.69) is 21.7 Å². The van der Waals surface area contributed by atoms with Gasteiger partial charge in [0.25, 0.3) is 5.91 Å². The molecule has 0 fully saturated rings. The first-order valence-corrected chi connectivity index (χ1v) is 12.1. The lowest BCUT2D eigenvalue weighted by atomic mass is 9.72. The lowest BCUT2D eigenvalue weighted by Crippen LogP contribution is -2.37. The van der Waals surface area contributed by atoms with Gasteiger partial charge in [0.1, 0.15) is 11.6 Å². The molecule has 0 radical (unpaired) electrons. The first-order chi connectivity index (χ1) is 16.4. The van der Waals surface area contributed by atoms with Gasteiger partial charge in [0.15, 0.2) is 5.78 Å². The number of carbonyl (C=O) groups excluding carboxylic acids is 2. The molecule has 0 bridgehead atoms. The Balaban J connectivity index is 1.57. The van der Waals surface area contributed by atoms with Crippen LogP contribution in [0.1, 0.15) is 47.7 Å². The largest absolute Gasteiger partial charge is 0.362 e. The second-order valence-electron chi connectivity index (χ2n) is 8.71. The molecule has 7 heteroatoms. The van der Waals surface area contributed by atoms with Crippen LogP contribution in [0.2, 0.25) is 0 Å². The van der Waals surface area contributed by atoms with Crippen molar-refractivity contribution in [3.05, 3.63) is 104 Å². The van der Waals surface area contributed by atoms with Gasteiger partial charge in [-0.2, -0.15) is 0 Å². The first kappa shape index (κ1) is 22.2. The zero-order chi connectivity index (χ0) is 23.8. The molecule has 3 heterocycles. The van der Waals surface area contributed by atoms with Gasteiger partial charge in [-0.1, -0.05) is 24.3 Å². The molecule has 2 atom stereocenters. The molecule has 172 valence electrons. The van der Waals surface area contributed by atoms with Crippen molar-refractivity contribution < 1.29 is 14.0 Å². The summed E-state index contributed by atoms with van der Waals surface area (Å²) >= 11 is 1.64. The van der Waals surface area contributed by atoms with Crippen LogP contribution in [0.15, 0.2) is 82.5 Å². The van der Waals surface area contributed by atoms with Crippen molar-refractivity contribution in [3.63, 3.8) is 0 Å². The third kappa shape index (κ3) is 4.19. The zero-order valence-corrected chi connectivity index (χ0v) is 19.7. The van der Waals surface area contributed by atoms with Crippen LogP contribution < -0.4 is 10.6 Å². The number of hydrogen-bond donors (Lipinski definition) is 2. The van der Waals surface area contributed by atoms with Crippen molar-refractivity contribution in [2.45, 2.75) is 38.5 Å². The number of amides is 1. The lowest BCUT2D eigenvalue weighted by molar-refractivity contribution is -0.116. The van der Waals surface area contributed by atoms with Gasteiger partial charge in [-0.25, -0.2) is 9.37 Å². The highest BCUT2D eigenvalue weighted by Crippen LogP contribution is 2.46. The molecule has 1 amide bonds. The normalized spacial score (nSPS) is 20.1. The SMILES string of the molecule is CC1=C(C(=O)Nc2cccc(C)n2)C(c2cccc(F)c2)C2=C(CC(c3cccs3)CC2=O)N1.